The molecule has 0 spiro atoms. The molecule has 0 nitrogen and oxygen atoms in total. The number of rotatable bonds is 3. The van der Waals surface area contributed by atoms with Gasteiger partial charge in [0.25, 0.3) is 0 Å². The Hall–Kier alpha value is -1.74. The van der Waals surface area contributed by atoms with Crippen molar-refractivity contribution in [2.75, 3.05) is 0 Å². The maximum absolute atomic E-state index is 13.8. The Morgan fingerprint density at radius 2 is 1.04 bits per heavy atom. The Morgan fingerprint density at radius 1 is 0.630 bits per heavy atom. The summed E-state index contributed by atoms with van der Waals surface area (Å²) >= 11 is -4.16. The maximum atomic E-state index is 13.8. The zero-order valence-electron chi connectivity index (χ0n) is 29.1. The van der Waals surface area contributed by atoms with Gasteiger partial charge in [0, 0.05) is 0 Å². The molecule has 0 saturated carbocycles. The zero-order valence-corrected chi connectivity index (χ0v) is 33.1. The molecule has 0 saturated heterocycles. The van der Waals surface area contributed by atoms with E-state index in [0.29, 0.717) is 0 Å². The summed E-state index contributed by atoms with van der Waals surface area (Å²) in [6.07, 6.45) is -1.98. The van der Waals surface area contributed by atoms with Gasteiger partial charge >= 0.3 is 269 Å². The van der Waals surface area contributed by atoms with Gasteiger partial charge < -0.3 is 24.8 Å². The van der Waals surface area contributed by atoms with Gasteiger partial charge in [-0.25, -0.2) is 0 Å². The van der Waals surface area contributed by atoms with Crippen LogP contribution in [0.1, 0.15) is 108 Å². The Labute approximate surface area is 291 Å². The Balaban J connectivity index is 0.00000288. The van der Waals surface area contributed by atoms with Crippen LogP contribution in [-0.4, -0.2) is 4.21 Å². The topological polar surface area (TPSA) is 0 Å². The van der Waals surface area contributed by atoms with E-state index in [4.69, 9.17) is 4.21 Å². The van der Waals surface area contributed by atoms with Crippen molar-refractivity contribution in [3.05, 3.63) is 109 Å². The molecular formula is C40H48Cl2F3Zr. The van der Waals surface area contributed by atoms with E-state index in [9.17, 15) is 13.2 Å². The average molecular weight is 748 g/mol. The number of fused-ring (bicyclic) bond motifs is 3. The van der Waals surface area contributed by atoms with Gasteiger partial charge in [0.15, 0.2) is 0 Å². The third kappa shape index (κ3) is 6.62. The van der Waals surface area contributed by atoms with Crippen LogP contribution in [-0.2, 0) is 36.8 Å². The largest absolute Gasteiger partial charge is 1.00 e. The molecule has 0 bridgehead atoms. The first-order valence-electron chi connectivity index (χ1n) is 15.8. The van der Waals surface area contributed by atoms with Crippen LogP contribution in [0.4, 0.5) is 13.2 Å². The number of hydrogen-bond acceptors (Lipinski definition) is 0. The minimum atomic E-state index is -4.38. The van der Waals surface area contributed by atoms with E-state index < -0.39 is 31.5 Å². The van der Waals surface area contributed by atoms with Crippen molar-refractivity contribution in [2.24, 2.45) is 11.3 Å². The molecular weight excluding hydrogens is 700 g/mol. The van der Waals surface area contributed by atoms with Crippen molar-refractivity contribution in [1.29, 1.82) is 0 Å². The molecule has 0 aromatic heterocycles. The molecule has 6 heteroatoms. The molecule has 2 atom stereocenters. The summed E-state index contributed by atoms with van der Waals surface area (Å²) < 4.78 is 49.2. The van der Waals surface area contributed by atoms with Crippen molar-refractivity contribution >= 4 is 7.48 Å². The molecule has 0 amide bonds. The van der Waals surface area contributed by atoms with E-state index in [0.717, 1.165) is 3.27 Å². The van der Waals surface area contributed by atoms with E-state index >= 15 is 0 Å². The summed E-state index contributed by atoms with van der Waals surface area (Å²) in [5.74, 6) is 0.170. The molecule has 0 aliphatic heterocycles. The average Bonchev–Trinajstić information content (AvgIpc) is 3.40. The van der Waals surface area contributed by atoms with Crippen LogP contribution in [0, 0.1) is 11.3 Å². The van der Waals surface area contributed by atoms with Crippen LogP contribution < -0.4 is 28.1 Å². The minimum Gasteiger partial charge on any atom is -1.00 e. The Bertz CT molecular complexity index is 1670. The Kier molecular flexibility index (Phi) is 10.6. The molecule has 2 aliphatic carbocycles. The second-order valence-electron chi connectivity index (χ2n) is 16.2. The first-order valence-corrected chi connectivity index (χ1v) is 21.4. The number of alkyl halides is 3. The van der Waals surface area contributed by atoms with E-state index in [1.165, 1.54) is 59.9 Å². The fraction of sp³-hybridized carbons (Fsp3) is 0.425. The van der Waals surface area contributed by atoms with Crippen LogP contribution in [0.15, 0.2) is 81.2 Å². The predicted molar refractivity (Wildman–Crippen MR) is 179 cm³/mol. The second-order valence-corrected chi connectivity index (χ2v) is 25.2. The molecule has 3 aromatic rings. The normalized spacial score (nSPS) is 17.6. The first kappa shape index (κ1) is 38.7. The van der Waals surface area contributed by atoms with Crippen LogP contribution in [0.25, 0.3) is 11.1 Å². The molecule has 46 heavy (non-hydrogen) atoms. The molecule has 2 aliphatic rings. The monoisotopic (exact) mass is 745 g/mol. The van der Waals surface area contributed by atoms with Crippen LogP contribution in [0.2, 0.25) is 0 Å². The molecule has 0 heterocycles. The van der Waals surface area contributed by atoms with Gasteiger partial charge in [0.2, 0.25) is 0 Å². The third-order valence-corrected chi connectivity index (χ3v) is 21.6. The van der Waals surface area contributed by atoms with Gasteiger partial charge in [0.1, 0.15) is 0 Å². The Morgan fingerprint density at radius 3 is 1.39 bits per heavy atom. The molecule has 3 aromatic carbocycles. The summed E-state index contributed by atoms with van der Waals surface area (Å²) in [5, 5.41) is 0. The van der Waals surface area contributed by atoms with Crippen LogP contribution in [0.3, 0.4) is 0 Å². The predicted octanol–water partition coefficient (Wildman–Crippen LogP) is 5.19. The molecule has 2 unspecified atom stereocenters. The maximum Gasteiger partial charge on any atom is -1.00 e. The van der Waals surface area contributed by atoms with Gasteiger partial charge in [-0.2, -0.15) is 0 Å². The molecule has 5 rings (SSSR count). The SMILES string of the molecule is [CH2]=[Zr+2]([C]1=C(C)C(C(C)(C)C)=CC1C)([c]1ccc(C(F)(F)F)cc1)[CH]1c2cc(C(C)(C)C)ccc2-c2ccc(C(C)(C)C)cc21.[Cl-].[Cl-]. The smallest absolute Gasteiger partial charge is 1.00 e. The molecule has 0 radical (unpaired) electrons. The summed E-state index contributed by atoms with van der Waals surface area (Å²) in [7, 11) is 0. The zero-order chi connectivity index (χ0) is 32.8. The summed E-state index contributed by atoms with van der Waals surface area (Å²) in [5.41, 5.74) is 9.49. The summed E-state index contributed by atoms with van der Waals surface area (Å²) in [6, 6.07) is 20.0. The van der Waals surface area contributed by atoms with E-state index in [1.807, 2.05) is 0 Å². The quantitative estimate of drug-likeness (QED) is 0.347. The van der Waals surface area contributed by atoms with Gasteiger partial charge in [-0.1, -0.05) is 0 Å². The van der Waals surface area contributed by atoms with Gasteiger partial charge in [-0.15, -0.1) is 0 Å². The van der Waals surface area contributed by atoms with Gasteiger partial charge in [-0.3, -0.25) is 0 Å². The van der Waals surface area contributed by atoms with E-state index in [2.05, 4.69) is 119 Å². The molecule has 0 N–H and O–H groups in total. The second kappa shape index (κ2) is 12.6. The van der Waals surface area contributed by atoms with Gasteiger partial charge in [-0.05, 0) is 0 Å². The number of hydrogen-bond donors (Lipinski definition) is 0. The number of halogens is 5. The first-order chi connectivity index (χ1) is 20.1. The van der Waals surface area contributed by atoms with Crippen molar-refractivity contribution < 1.29 is 57.8 Å². The fourth-order valence-corrected chi connectivity index (χ4v) is 19.8. The van der Waals surface area contributed by atoms with E-state index in [1.54, 1.807) is 12.1 Å². The third-order valence-electron chi connectivity index (χ3n) is 9.94. The summed E-state index contributed by atoms with van der Waals surface area (Å²) in [4.78, 5) is 0. The van der Waals surface area contributed by atoms with Gasteiger partial charge in [0.05, 0.1) is 0 Å². The van der Waals surface area contributed by atoms with Crippen molar-refractivity contribution in [3.63, 3.8) is 0 Å². The summed E-state index contributed by atoms with van der Waals surface area (Å²) in [6.45, 7) is 24.7. The fourth-order valence-electron chi connectivity index (χ4n) is 7.66. The molecule has 247 valence electrons. The van der Waals surface area contributed by atoms with Crippen molar-refractivity contribution in [1.82, 2.24) is 0 Å². The molecule has 0 fully saturated rings. The minimum absolute atomic E-state index is 0. The van der Waals surface area contributed by atoms with Crippen LogP contribution >= 0.6 is 0 Å². The standard InChI is InChI=1S/C21H25.C11H17.C7H4F3.CH2.2ClH.Zr/c1-20(2,3)16-7-9-18-14(12-16)11-15-13-17(21(4,5)6)8-10-19(15)18;1-8-6-9(2)10(7-8)11(3,4)5;8-7(9,10)6-4-2-1-3-5-6;;;;/h7-13H,1-6H3;7-8H,1-5H3;2-5H;1H2;2*1H;/q;;;;;;+2/p-2. The number of allylic oxidation sites excluding steroid dienone is 4. The van der Waals surface area contributed by atoms with E-state index in [-0.39, 0.29) is 50.6 Å². The van der Waals surface area contributed by atoms with Crippen molar-refractivity contribution in [2.45, 2.75) is 96.8 Å². The number of benzene rings is 3. The van der Waals surface area contributed by atoms with Crippen LogP contribution in [0.5, 0.6) is 0 Å². The van der Waals surface area contributed by atoms with Crippen molar-refractivity contribution in [3.8, 4) is 11.1 Å².